The Balaban J connectivity index is 0.00000161. The second-order valence-electron chi connectivity index (χ2n) is 5.56. The van der Waals surface area contributed by atoms with Gasteiger partial charge in [-0.3, -0.25) is 4.79 Å². The fourth-order valence-corrected chi connectivity index (χ4v) is 2.71. The molecule has 1 amide bonds. The van der Waals surface area contributed by atoms with Crippen molar-refractivity contribution < 1.29 is 14.3 Å². The highest BCUT2D eigenvalue weighted by molar-refractivity contribution is 5.86. The van der Waals surface area contributed by atoms with E-state index in [9.17, 15) is 4.79 Å². The molecule has 1 saturated heterocycles. The van der Waals surface area contributed by atoms with Gasteiger partial charge >= 0.3 is 0 Å². The van der Waals surface area contributed by atoms with Crippen molar-refractivity contribution in [3.8, 4) is 5.75 Å². The molecular formula is C15H21ClN2O3. The molecule has 3 N–H and O–H groups in total. The predicted molar refractivity (Wildman–Crippen MR) is 81.8 cm³/mol. The molecule has 0 bridgehead atoms. The molecule has 0 aromatic heterocycles. The minimum Gasteiger partial charge on any atom is -0.491 e. The number of benzene rings is 1. The summed E-state index contributed by atoms with van der Waals surface area (Å²) in [7, 11) is 0. The summed E-state index contributed by atoms with van der Waals surface area (Å²) in [6, 6.07) is 7.90. The summed E-state index contributed by atoms with van der Waals surface area (Å²) in [5.74, 6) is 0.820. The highest BCUT2D eigenvalue weighted by atomic mass is 35.5. The zero-order valence-electron chi connectivity index (χ0n) is 11.8. The van der Waals surface area contributed by atoms with E-state index in [1.54, 1.807) is 0 Å². The van der Waals surface area contributed by atoms with Crippen LogP contribution in [0.4, 0.5) is 0 Å². The predicted octanol–water partition coefficient (Wildman–Crippen LogP) is 1.04. The average molecular weight is 313 g/mol. The van der Waals surface area contributed by atoms with Crippen LogP contribution in [0.1, 0.15) is 18.4 Å². The van der Waals surface area contributed by atoms with Crippen LogP contribution in [0.5, 0.6) is 5.75 Å². The highest BCUT2D eigenvalue weighted by Crippen LogP contribution is 2.24. The number of nitrogens with one attached hydrogen (secondary N) is 1. The van der Waals surface area contributed by atoms with Gasteiger partial charge in [-0.05, 0) is 30.9 Å². The summed E-state index contributed by atoms with van der Waals surface area (Å²) in [5, 5.41) is 3.03. The van der Waals surface area contributed by atoms with E-state index in [0.29, 0.717) is 32.7 Å². The number of ether oxygens (including phenoxy) is 2. The number of hydrogen-bond donors (Lipinski definition) is 2. The Labute approximate surface area is 130 Å². The Hall–Kier alpha value is -1.30. The zero-order valence-corrected chi connectivity index (χ0v) is 12.7. The SMILES string of the molecule is Cl.NC1(C(=O)NC2COc3ccccc3C2)CCOCC1. The van der Waals surface area contributed by atoms with E-state index in [4.69, 9.17) is 15.2 Å². The smallest absolute Gasteiger partial charge is 0.240 e. The van der Waals surface area contributed by atoms with E-state index < -0.39 is 5.54 Å². The van der Waals surface area contributed by atoms with Crippen molar-refractivity contribution in [3.05, 3.63) is 29.8 Å². The first-order valence-corrected chi connectivity index (χ1v) is 7.06. The lowest BCUT2D eigenvalue weighted by molar-refractivity contribution is -0.130. The van der Waals surface area contributed by atoms with Crippen LogP contribution in [0.2, 0.25) is 0 Å². The molecule has 21 heavy (non-hydrogen) atoms. The molecule has 1 aromatic carbocycles. The van der Waals surface area contributed by atoms with Crippen LogP contribution < -0.4 is 15.8 Å². The van der Waals surface area contributed by atoms with Crippen molar-refractivity contribution in [2.24, 2.45) is 5.73 Å². The Bertz CT molecular complexity index is 503. The molecule has 0 aliphatic carbocycles. The molecule has 1 atom stereocenters. The van der Waals surface area contributed by atoms with Gasteiger partial charge in [-0.15, -0.1) is 12.4 Å². The topological polar surface area (TPSA) is 73.6 Å². The first-order valence-electron chi connectivity index (χ1n) is 7.06. The lowest BCUT2D eigenvalue weighted by Gasteiger charge is -2.34. The summed E-state index contributed by atoms with van der Waals surface area (Å²) in [6.07, 6.45) is 1.93. The van der Waals surface area contributed by atoms with Gasteiger partial charge in [-0.1, -0.05) is 18.2 Å². The van der Waals surface area contributed by atoms with Crippen molar-refractivity contribution >= 4 is 18.3 Å². The molecule has 3 rings (SSSR count). The van der Waals surface area contributed by atoms with E-state index in [1.165, 1.54) is 0 Å². The van der Waals surface area contributed by atoms with Gasteiger partial charge in [-0.25, -0.2) is 0 Å². The first-order chi connectivity index (χ1) is 9.67. The van der Waals surface area contributed by atoms with E-state index in [1.807, 2.05) is 24.3 Å². The molecule has 1 unspecified atom stereocenters. The van der Waals surface area contributed by atoms with Crippen molar-refractivity contribution in [2.45, 2.75) is 30.8 Å². The molecule has 0 radical (unpaired) electrons. The maximum Gasteiger partial charge on any atom is 0.240 e. The summed E-state index contributed by atoms with van der Waals surface area (Å²) in [5.41, 5.74) is 6.51. The Morgan fingerprint density at radius 2 is 2.00 bits per heavy atom. The van der Waals surface area contributed by atoms with Crippen molar-refractivity contribution in [2.75, 3.05) is 19.8 Å². The van der Waals surface area contributed by atoms with Gasteiger partial charge in [0.1, 0.15) is 12.4 Å². The maximum atomic E-state index is 12.4. The molecule has 1 aromatic rings. The van der Waals surface area contributed by atoms with Crippen molar-refractivity contribution in [1.29, 1.82) is 0 Å². The Kier molecular flexibility index (Phi) is 5.08. The summed E-state index contributed by atoms with van der Waals surface area (Å²) in [4.78, 5) is 12.4. The van der Waals surface area contributed by atoms with E-state index in [0.717, 1.165) is 17.7 Å². The third-order valence-electron chi connectivity index (χ3n) is 4.05. The largest absolute Gasteiger partial charge is 0.491 e. The summed E-state index contributed by atoms with van der Waals surface area (Å²) in [6.45, 7) is 1.59. The number of hydrogen-bond acceptors (Lipinski definition) is 4. The number of carbonyl (C=O) groups excluding carboxylic acids is 1. The molecule has 0 spiro atoms. The second-order valence-corrected chi connectivity index (χ2v) is 5.56. The Morgan fingerprint density at radius 3 is 2.76 bits per heavy atom. The first kappa shape index (κ1) is 16.1. The molecule has 0 saturated carbocycles. The third kappa shape index (κ3) is 3.48. The number of carbonyl (C=O) groups is 1. The number of nitrogens with two attached hydrogens (primary N) is 1. The van der Waals surface area contributed by atoms with Gasteiger partial charge in [0.05, 0.1) is 11.6 Å². The van der Waals surface area contributed by atoms with Gasteiger partial charge in [-0.2, -0.15) is 0 Å². The fraction of sp³-hybridized carbons (Fsp3) is 0.533. The molecular weight excluding hydrogens is 292 g/mol. The van der Waals surface area contributed by atoms with Crippen LogP contribution in [-0.2, 0) is 16.0 Å². The van der Waals surface area contributed by atoms with Crippen LogP contribution in [0.25, 0.3) is 0 Å². The van der Waals surface area contributed by atoms with E-state index >= 15 is 0 Å². The number of amides is 1. The van der Waals surface area contributed by atoms with Gasteiger partial charge < -0.3 is 20.5 Å². The minimum atomic E-state index is -0.796. The quantitative estimate of drug-likeness (QED) is 0.855. The highest BCUT2D eigenvalue weighted by Gasteiger charge is 2.37. The second kappa shape index (κ2) is 6.64. The maximum absolute atomic E-state index is 12.4. The number of fused-ring (bicyclic) bond motifs is 1. The summed E-state index contributed by atoms with van der Waals surface area (Å²) < 4.78 is 10.9. The molecule has 1 fully saturated rings. The van der Waals surface area contributed by atoms with Gasteiger partial charge in [0.15, 0.2) is 0 Å². The van der Waals surface area contributed by atoms with Crippen LogP contribution in [0, 0.1) is 0 Å². The monoisotopic (exact) mass is 312 g/mol. The van der Waals surface area contributed by atoms with Crippen LogP contribution in [0.15, 0.2) is 24.3 Å². The minimum absolute atomic E-state index is 0. The van der Waals surface area contributed by atoms with Crippen LogP contribution >= 0.6 is 12.4 Å². The van der Waals surface area contributed by atoms with E-state index in [-0.39, 0.29) is 24.4 Å². The Morgan fingerprint density at radius 1 is 1.29 bits per heavy atom. The standard InChI is InChI=1S/C15H20N2O3.ClH/c16-15(5-7-19-8-6-15)14(18)17-12-9-11-3-1-2-4-13(11)20-10-12;/h1-4,12H,5-10,16H2,(H,17,18);1H. The number of rotatable bonds is 2. The third-order valence-corrected chi connectivity index (χ3v) is 4.05. The lowest BCUT2D eigenvalue weighted by atomic mass is 9.89. The average Bonchev–Trinajstić information content (AvgIpc) is 2.48. The lowest BCUT2D eigenvalue weighted by Crippen LogP contribution is -2.60. The normalized spacial score (nSPS) is 23.2. The fourth-order valence-electron chi connectivity index (χ4n) is 2.71. The van der Waals surface area contributed by atoms with Gasteiger partial charge in [0, 0.05) is 13.2 Å². The molecule has 2 aliphatic rings. The van der Waals surface area contributed by atoms with Crippen molar-refractivity contribution in [3.63, 3.8) is 0 Å². The van der Waals surface area contributed by atoms with Crippen molar-refractivity contribution in [1.82, 2.24) is 5.32 Å². The molecule has 6 heteroatoms. The number of para-hydroxylation sites is 1. The van der Waals surface area contributed by atoms with Crippen LogP contribution in [-0.4, -0.2) is 37.3 Å². The van der Waals surface area contributed by atoms with Gasteiger partial charge in [0.25, 0.3) is 0 Å². The van der Waals surface area contributed by atoms with Crippen LogP contribution in [0.3, 0.4) is 0 Å². The number of halogens is 1. The zero-order chi connectivity index (χ0) is 14.0. The van der Waals surface area contributed by atoms with E-state index in [2.05, 4.69) is 5.32 Å². The molecule has 116 valence electrons. The summed E-state index contributed by atoms with van der Waals surface area (Å²) >= 11 is 0. The molecule has 5 nitrogen and oxygen atoms in total. The van der Waals surface area contributed by atoms with Gasteiger partial charge in [0.2, 0.25) is 5.91 Å². The molecule has 2 aliphatic heterocycles. The molecule has 2 heterocycles.